The Kier molecular flexibility index (Phi) is 5.66. The Morgan fingerprint density at radius 2 is 2.10 bits per heavy atom. The number of carbonyl (C=O) groups is 1. The zero-order chi connectivity index (χ0) is 20.4. The van der Waals surface area contributed by atoms with Gasteiger partial charge < -0.3 is 5.32 Å². The molecular weight excluding hydrogens is 386 g/mol. The third-order valence-corrected chi connectivity index (χ3v) is 6.13. The number of thioether (sulfide) groups is 1. The minimum Gasteiger partial charge on any atom is -0.310 e. The van der Waals surface area contributed by atoms with E-state index in [9.17, 15) is 4.79 Å². The second-order valence-electron chi connectivity index (χ2n) is 7.32. The first-order valence-electron chi connectivity index (χ1n) is 9.94. The molecule has 9 heteroatoms. The monoisotopic (exact) mass is 411 g/mol. The first-order chi connectivity index (χ1) is 14.1. The number of pyridine rings is 1. The molecule has 1 fully saturated rings. The summed E-state index contributed by atoms with van der Waals surface area (Å²) in [6.07, 6.45) is 8.40. The van der Waals surface area contributed by atoms with Crippen LogP contribution in [-0.4, -0.2) is 40.7 Å². The summed E-state index contributed by atoms with van der Waals surface area (Å²) in [5, 5.41) is 16.6. The molecule has 4 rings (SSSR count). The fraction of sp³-hybridized carbons (Fsp3) is 0.450. The standard InChI is InChI=1S/C20H25N7OS/c1-4-13(2)27-17(9-11-22-27)23-19(28)14(3)29-20-25-24-18(26(20)16-7-8-16)15-6-5-10-21-12-15/h5-6,9-14,16H,4,7-8H2,1-3H3,(H,23,28)/t13-,14-/m0/s1. The van der Waals surface area contributed by atoms with Gasteiger partial charge in [-0.3, -0.25) is 14.3 Å². The molecule has 3 heterocycles. The average molecular weight is 412 g/mol. The van der Waals surface area contributed by atoms with Crippen molar-refractivity contribution in [1.29, 1.82) is 0 Å². The van der Waals surface area contributed by atoms with Crippen molar-refractivity contribution >= 4 is 23.5 Å². The van der Waals surface area contributed by atoms with Crippen LogP contribution in [0.2, 0.25) is 0 Å². The van der Waals surface area contributed by atoms with Crippen molar-refractivity contribution in [2.45, 2.75) is 62.5 Å². The third-order valence-electron chi connectivity index (χ3n) is 5.08. The highest BCUT2D eigenvalue weighted by atomic mass is 32.2. The van der Waals surface area contributed by atoms with E-state index in [1.54, 1.807) is 18.6 Å². The van der Waals surface area contributed by atoms with Gasteiger partial charge in [0.1, 0.15) is 5.82 Å². The molecule has 2 atom stereocenters. The van der Waals surface area contributed by atoms with Gasteiger partial charge in [-0.25, -0.2) is 4.68 Å². The fourth-order valence-electron chi connectivity index (χ4n) is 3.09. The molecule has 0 aliphatic heterocycles. The number of anilines is 1. The number of hydrogen-bond donors (Lipinski definition) is 1. The van der Waals surface area contributed by atoms with Crippen molar-refractivity contribution in [3.05, 3.63) is 36.8 Å². The molecule has 0 aromatic carbocycles. The molecule has 0 unspecified atom stereocenters. The maximum Gasteiger partial charge on any atom is 0.238 e. The molecule has 8 nitrogen and oxygen atoms in total. The summed E-state index contributed by atoms with van der Waals surface area (Å²) in [6, 6.07) is 6.32. The molecule has 29 heavy (non-hydrogen) atoms. The maximum atomic E-state index is 12.8. The maximum absolute atomic E-state index is 12.8. The number of nitrogens with one attached hydrogen (secondary N) is 1. The molecule has 1 aliphatic rings. The first-order valence-corrected chi connectivity index (χ1v) is 10.8. The predicted molar refractivity (Wildman–Crippen MR) is 113 cm³/mol. The van der Waals surface area contributed by atoms with Crippen LogP contribution < -0.4 is 5.32 Å². The van der Waals surface area contributed by atoms with E-state index in [2.05, 4.69) is 44.0 Å². The van der Waals surface area contributed by atoms with Crippen LogP contribution in [0.15, 0.2) is 41.9 Å². The van der Waals surface area contributed by atoms with Gasteiger partial charge in [0.25, 0.3) is 0 Å². The largest absolute Gasteiger partial charge is 0.310 e. The van der Waals surface area contributed by atoms with E-state index in [-0.39, 0.29) is 17.2 Å². The second kappa shape index (κ2) is 8.36. The number of nitrogens with zero attached hydrogens (tertiary/aromatic N) is 6. The van der Waals surface area contributed by atoms with Crippen molar-refractivity contribution in [2.24, 2.45) is 0 Å². The lowest BCUT2D eigenvalue weighted by atomic mass is 10.3. The van der Waals surface area contributed by atoms with E-state index in [4.69, 9.17) is 0 Å². The Morgan fingerprint density at radius 3 is 2.79 bits per heavy atom. The van der Waals surface area contributed by atoms with Crippen LogP contribution in [-0.2, 0) is 4.79 Å². The minimum absolute atomic E-state index is 0.0756. The quantitative estimate of drug-likeness (QED) is 0.564. The van der Waals surface area contributed by atoms with Crippen LogP contribution in [0.1, 0.15) is 52.1 Å². The van der Waals surface area contributed by atoms with Crippen molar-refractivity contribution in [1.82, 2.24) is 29.5 Å². The highest BCUT2D eigenvalue weighted by molar-refractivity contribution is 8.00. The van der Waals surface area contributed by atoms with E-state index in [1.807, 2.05) is 29.8 Å². The molecule has 152 valence electrons. The molecule has 1 saturated carbocycles. The number of hydrogen-bond acceptors (Lipinski definition) is 6. The SMILES string of the molecule is CC[C@H](C)n1nccc1NC(=O)[C@H](C)Sc1nnc(-c2cccnc2)n1C1CC1. The molecule has 0 spiro atoms. The molecular formula is C20H25N7OS. The highest BCUT2D eigenvalue weighted by Gasteiger charge is 2.31. The van der Waals surface area contributed by atoms with Gasteiger partial charge in [0.15, 0.2) is 11.0 Å². The molecule has 1 aliphatic carbocycles. The van der Waals surface area contributed by atoms with Crippen molar-refractivity contribution in [3.63, 3.8) is 0 Å². The number of amides is 1. The normalized spacial score (nSPS) is 15.8. The summed E-state index contributed by atoms with van der Waals surface area (Å²) in [5.41, 5.74) is 0.938. The summed E-state index contributed by atoms with van der Waals surface area (Å²) in [4.78, 5) is 17.0. The minimum atomic E-state index is -0.321. The summed E-state index contributed by atoms with van der Waals surface area (Å²) in [6.45, 7) is 6.07. The van der Waals surface area contributed by atoms with Crippen LogP contribution in [0, 0.1) is 0 Å². The topological polar surface area (TPSA) is 90.5 Å². The van der Waals surface area contributed by atoms with Crippen molar-refractivity contribution < 1.29 is 4.79 Å². The van der Waals surface area contributed by atoms with E-state index in [0.29, 0.717) is 6.04 Å². The molecule has 0 saturated heterocycles. The van der Waals surface area contributed by atoms with E-state index in [0.717, 1.165) is 41.6 Å². The van der Waals surface area contributed by atoms with Crippen LogP contribution in [0.25, 0.3) is 11.4 Å². The van der Waals surface area contributed by atoms with Gasteiger partial charge in [0.2, 0.25) is 5.91 Å². The van der Waals surface area contributed by atoms with Gasteiger partial charge in [-0.1, -0.05) is 18.7 Å². The van der Waals surface area contributed by atoms with Gasteiger partial charge >= 0.3 is 0 Å². The van der Waals surface area contributed by atoms with Gasteiger partial charge in [0.05, 0.1) is 17.5 Å². The summed E-state index contributed by atoms with van der Waals surface area (Å²) < 4.78 is 4.00. The zero-order valence-corrected chi connectivity index (χ0v) is 17.6. The predicted octanol–water partition coefficient (Wildman–Crippen LogP) is 3.96. The Hall–Kier alpha value is -2.68. The van der Waals surface area contributed by atoms with Crippen LogP contribution >= 0.6 is 11.8 Å². The Bertz CT molecular complexity index is 980. The lowest BCUT2D eigenvalue weighted by Crippen LogP contribution is -2.25. The Labute approximate surface area is 174 Å². The lowest BCUT2D eigenvalue weighted by Gasteiger charge is -2.16. The molecule has 1 amide bonds. The Morgan fingerprint density at radius 1 is 1.28 bits per heavy atom. The zero-order valence-electron chi connectivity index (χ0n) is 16.8. The summed E-state index contributed by atoms with van der Waals surface area (Å²) in [5.74, 6) is 1.45. The Balaban J connectivity index is 1.50. The lowest BCUT2D eigenvalue weighted by molar-refractivity contribution is -0.115. The van der Waals surface area contributed by atoms with E-state index < -0.39 is 0 Å². The van der Waals surface area contributed by atoms with Gasteiger partial charge in [0, 0.05) is 30.1 Å². The molecule has 0 radical (unpaired) electrons. The van der Waals surface area contributed by atoms with Crippen molar-refractivity contribution in [3.8, 4) is 11.4 Å². The van der Waals surface area contributed by atoms with E-state index in [1.165, 1.54) is 11.8 Å². The average Bonchev–Trinajstić information content (AvgIpc) is 3.33. The first kappa shape index (κ1) is 19.6. The third kappa shape index (κ3) is 4.19. The van der Waals surface area contributed by atoms with Gasteiger partial charge in [-0.05, 0) is 45.2 Å². The molecule has 3 aromatic rings. The van der Waals surface area contributed by atoms with Crippen molar-refractivity contribution in [2.75, 3.05) is 5.32 Å². The molecule has 1 N–H and O–H groups in total. The smallest absolute Gasteiger partial charge is 0.238 e. The summed E-state index contributed by atoms with van der Waals surface area (Å²) in [7, 11) is 0. The van der Waals surface area contributed by atoms with Gasteiger partial charge in [-0.2, -0.15) is 5.10 Å². The van der Waals surface area contributed by atoms with Crippen LogP contribution in [0.3, 0.4) is 0 Å². The number of aromatic nitrogens is 6. The van der Waals surface area contributed by atoms with Crippen LogP contribution in [0.5, 0.6) is 0 Å². The molecule has 3 aromatic heterocycles. The van der Waals surface area contributed by atoms with Crippen LogP contribution in [0.4, 0.5) is 5.82 Å². The van der Waals surface area contributed by atoms with E-state index >= 15 is 0 Å². The number of carbonyl (C=O) groups excluding carboxylic acids is 1. The second-order valence-corrected chi connectivity index (χ2v) is 8.62. The van der Waals surface area contributed by atoms with Gasteiger partial charge in [-0.15, -0.1) is 10.2 Å². The fourth-order valence-corrected chi connectivity index (χ4v) is 4.01. The summed E-state index contributed by atoms with van der Waals surface area (Å²) >= 11 is 1.43. The molecule has 0 bridgehead atoms. The highest BCUT2D eigenvalue weighted by Crippen LogP contribution is 2.41. The number of rotatable bonds is 8.